The highest BCUT2D eigenvalue weighted by Crippen LogP contribution is 2.47. The number of nitrogens with one attached hydrogen (secondary N) is 1. The Balaban J connectivity index is 2.14. The molecule has 0 unspecified atom stereocenters. The number of nitrogens with zero attached hydrogens (tertiary/aromatic N) is 1. The van der Waals surface area contributed by atoms with E-state index in [2.05, 4.69) is 4.98 Å². The topological polar surface area (TPSA) is 101 Å². The molecule has 3 rings (SSSR count). The molecule has 1 aromatic heterocycles. The molecule has 186 valence electrons. The molecule has 0 spiro atoms. The molecule has 1 aromatic carbocycles. The van der Waals surface area contributed by atoms with Gasteiger partial charge in [0.2, 0.25) is 5.60 Å². The number of benzene rings is 1. The van der Waals surface area contributed by atoms with Crippen LogP contribution in [0.5, 0.6) is 5.75 Å². The van der Waals surface area contributed by atoms with Crippen LogP contribution in [-0.4, -0.2) is 52.8 Å². The first-order valence-corrected chi connectivity index (χ1v) is 10.4. The minimum Gasteiger partial charge on any atom is -0.490 e. The van der Waals surface area contributed by atoms with Crippen LogP contribution in [0.1, 0.15) is 39.0 Å². The number of fused-ring (bicyclic) bond motifs is 1. The zero-order chi connectivity index (χ0) is 25.5. The van der Waals surface area contributed by atoms with Gasteiger partial charge in [-0.2, -0.15) is 13.2 Å². The van der Waals surface area contributed by atoms with Crippen LogP contribution < -0.4 is 10.1 Å². The minimum absolute atomic E-state index is 0.0429. The number of alkyl carbamates (subject to hydrolysis) is 1. The molecule has 2 atom stereocenters. The zero-order valence-electron chi connectivity index (χ0n) is 19.1. The average molecular weight is 486 g/mol. The molecule has 0 aliphatic carbocycles. The van der Waals surface area contributed by atoms with Crippen LogP contribution in [0.3, 0.4) is 0 Å². The van der Waals surface area contributed by atoms with Crippen LogP contribution in [-0.2, 0) is 15.8 Å². The van der Waals surface area contributed by atoms with E-state index in [9.17, 15) is 32.6 Å². The van der Waals surface area contributed by atoms with E-state index in [1.807, 2.05) is 5.32 Å². The van der Waals surface area contributed by atoms with Gasteiger partial charge in [-0.15, -0.1) is 0 Å². The van der Waals surface area contributed by atoms with Gasteiger partial charge in [-0.25, -0.2) is 14.2 Å². The largest absolute Gasteiger partial charge is 0.490 e. The maximum absolute atomic E-state index is 14.2. The van der Waals surface area contributed by atoms with E-state index in [0.29, 0.717) is 0 Å². The average Bonchev–Trinajstić information content (AvgIpc) is 3.07. The lowest BCUT2D eigenvalue weighted by Gasteiger charge is -2.32. The summed E-state index contributed by atoms with van der Waals surface area (Å²) >= 11 is 0. The van der Waals surface area contributed by atoms with Gasteiger partial charge in [0.15, 0.2) is 0 Å². The van der Waals surface area contributed by atoms with Crippen molar-refractivity contribution in [3.05, 3.63) is 47.4 Å². The SMILES string of the molecule is CC(C)(C)OC(=O)NC[C@](O)(c1cc2c(c(-c3ccc(F)cc3)n1)OC[C@]2(C)CO)C(F)(F)F. The maximum atomic E-state index is 14.2. The van der Waals surface area contributed by atoms with Gasteiger partial charge in [0.1, 0.15) is 29.5 Å². The molecule has 7 nitrogen and oxygen atoms in total. The van der Waals surface area contributed by atoms with E-state index in [0.717, 1.165) is 18.2 Å². The Kier molecular flexibility index (Phi) is 6.57. The van der Waals surface area contributed by atoms with E-state index in [-0.39, 0.29) is 29.2 Å². The Bertz CT molecular complexity index is 1070. The quantitative estimate of drug-likeness (QED) is 0.556. The number of amides is 1. The molecule has 1 amide bonds. The van der Waals surface area contributed by atoms with E-state index in [4.69, 9.17) is 9.47 Å². The fraction of sp³-hybridized carbons (Fsp3) is 0.478. The molecule has 11 heteroatoms. The summed E-state index contributed by atoms with van der Waals surface area (Å²) in [5, 5.41) is 22.7. The lowest BCUT2D eigenvalue weighted by molar-refractivity contribution is -0.265. The molecular weight excluding hydrogens is 460 g/mol. The molecule has 1 aliphatic rings. The summed E-state index contributed by atoms with van der Waals surface area (Å²) in [6.07, 6.45) is -6.41. The lowest BCUT2D eigenvalue weighted by Crippen LogP contribution is -2.52. The number of alkyl halides is 3. The van der Waals surface area contributed by atoms with Gasteiger partial charge in [-0.3, -0.25) is 0 Å². The fourth-order valence-corrected chi connectivity index (χ4v) is 3.43. The summed E-state index contributed by atoms with van der Waals surface area (Å²) in [5.74, 6) is -0.442. The number of rotatable bonds is 5. The molecule has 0 saturated heterocycles. The summed E-state index contributed by atoms with van der Waals surface area (Å²) in [7, 11) is 0. The highest BCUT2D eigenvalue weighted by molar-refractivity contribution is 5.71. The van der Waals surface area contributed by atoms with Crippen molar-refractivity contribution in [2.45, 2.75) is 50.5 Å². The normalized spacial score (nSPS) is 19.7. The van der Waals surface area contributed by atoms with Gasteiger partial charge in [0.05, 0.1) is 24.3 Å². The summed E-state index contributed by atoms with van der Waals surface area (Å²) in [5.41, 5.74) is -6.10. The van der Waals surface area contributed by atoms with Gasteiger partial charge in [0.25, 0.3) is 0 Å². The minimum atomic E-state index is -5.25. The number of carbonyl (C=O) groups is 1. The van der Waals surface area contributed by atoms with E-state index in [1.54, 1.807) is 6.92 Å². The lowest BCUT2D eigenvalue weighted by atomic mass is 9.83. The zero-order valence-corrected chi connectivity index (χ0v) is 19.1. The Labute approximate surface area is 193 Å². The van der Waals surface area contributed by atoms with Crippen LogP contribution in [0, 0.1) is 5.82 Å². The van der Waals surface area contributed by atoms with Crippen molar-refractivity contribution >= 4 is 6.09 Å². The molecule has 0 radical (unpaired) electrons. The van der Waals surface area contributed by atoms with Crippen molar-refractivity contribution in [2.24, 2.45) is 0 Å². The second-order valence-electron chi connectivity index (χ2n) is 9.46. The molecular formula is C23H26F4N2O5. The Hall–Kier alpha value is -2.92. The number of pyridine rings is 1. The number of aliphatic hydroxyl groups is 2. The van der Waals surface area contributed by atoms with E-state index in [1.165, 1.54) is 32.9 Å². The van der Waals surface area contributed by atoms with Crippen LogP contribution in [0.15, 0.2) is 30.3 Å². The number of halogens is 4. The van der Waals surface area contributed by atoms with Crippen molar-refractivity contribution in [3.8, 4) is 17.0 Å². The number of hydrogen-bond acceptors (Lipinski definition) is 6. The van der Waals surface area contributed by atoms with Crippen molar-refractivity contribution in [1.29, 1.82) is 0 Å². The van der Waals surface area contributed by atoms with Gasteiger partial charge >= 0.3 is 12.3 Å². The Morgan fingerprint density at radius 2 is 1.85 bits per heavy atom. The summed E-state index contributed by atoms with van der Waals surface area (Å²) in [4.78, 5) is 16.0. The van der Waals surface area contributed by atoms with Gasteiger partial charge in [0, 0.05) is 11.1 Å². The van der Waals surface area contributed by atoms with Crippen LogP contribution in [0.2, 0.25) is 0 Å². The predicted molar refractivity (Wildman–Crippen MR) is 114 cm³/mol. The second-order valence-corrected chi connectivity index (χ2v) is 9.46. The van der Waals surface area contributed by atoms with Crippen LogP contribution in [0.25, 0.3) is 11.3 Å². The monoisotopic (exact) mass is 486 g/mol. The van der Waals surface area contributed by atoms with E-state index >= 15 is 0 Å². The molecule has 2 aromatic rings. The molecule has 34 heavy (non-hydrogen) atoms. The number of hydrogen-bond donors (Lipinski definition) is 3. The van der Waals surface area contributed by atoms with Gasteiger partial charge < -0.3 is 25.0 Å². The Morgan fingerprint density at radius 1 is 1.24 bits per heavy atom. The first-order valence-electron chi connectivity index (χ1n) is 10.4. The number of ether oxygens (including phenoxy) is 2. The van der Waals surface area contributed by atoms with Crippen LogP contribution in [0.4, 0.5) is 22.4 Å². The van der Waals surface area contributed by atoms with Crippen molar-refractivity contribution < 1.29 is 42.0 Å². The highest BCUT2D eigenvalue weighted by atomic mass is 19.4. The van der Waals surface area contributed by atoms with Crippen LogP contribution >= 0.6 is 0 Å². The maximum Gasteiger partial charge on any atom is 0.424 e. The number of aromatic nitrogens is 1. The molecule has 3 N–H and O–H groups in total. The Morgan fingerprint density at radius 3 is 2.38 bits per heavy atom. The third kappa shape index (κ3) is 4.95. The number of aliphatic hydroxyl groups excluding tert-OH is 1. The first-order chi connectivity index (χ1) is 15.6. The van der Waals surface area contributed by atoms with Crippen molar-refractivity contribution in [2.75, 3.05) is 19.8 Å². The van der Waals surface area contributed by atoms with Crippen molar-refractivity contribution in [3.63, 3.8) is 0 Å². The molecule has 2 heterocycles. The summed E-state index contributed by atoms with van der Waals surface area (Å²) < 4.78 is 66.6. The number of carbonyl (C=O) groups excluding carboxylic acids is 1. The molecule has 1 aliphatic heterocycles. The predicted octanol–water partition coefficient (Wildman–Crippen LogP) is 3.80. The highest BCUT2D eigenvalue weighted by Gasteiger charge is 2.57. The van der Waals surface area contributed by atoms with Gasteiger partial charge in [-0.05, 0) is 58.0 Å². The van der Waals surface area contributed by atoms with Gasteiger partial charge in [-0.1, -0.05) is 0 Å². The fourth-order valence-electron chi connectivity index (χ4n) is 3.43. The molecule has 0 saturated carbocycles. The third-order valence-corrected chi connectivity index (χ3v) is 5.41. The summed E-state index contributed by atoms with van der Waals surface area (Å²) in [6, 6.07) is 5.85. The first kappa shape index (κ1) is 25.7. The third-order valence-electron chi connectivity index (χ3n) is 5.41. The molecule has 0 bridgehead atoms. The van der Waals surface area contributed by atoms with Crippen molar-refractivity contribution in [1.82, 2.24) is 10.3 Å². The summed E-state index contributed by atoms with van der Waals surface area (Å²) in [6.45, 7) is 4.42. The molecule has 0 fully saturated rings. The second kappa shape index (κ2) is 8.70. The smallest absolute Gasteiger partial charge is 0.424 e. The van der Waals surface area contributed by atoms with E-state index < -0.39 is 53.5 Å². The standard InChI is InChI=1S/C23H26F4N2O5/c1-20(2,3)34-19(31)28-10-22(32,23(25,26)27)16-9-15-18(33-12-21(15,4)11-30)17(29-16)13-5-7-14(24)8-6-13/h5-9,30,32H,10-12H2,1-4H3,(H,28,31)/t21-,22-/m0/s1.